The predicted molar refractivity (Wildman–Crippen MR) is 307 cm³/mol. The summed E-state index contributed by atoms with van der Waals surface area (Å²) in [5.41, 5.74) is 0. The van der Waals surface area contributed by atoms with Gasteiger partial charge in [0.1, 0.15) is 6.61 Å². The van der Waals surface area contributed by atoms with Crippen LogP contribution in [-0.2, 0) is 19.1 Å². The van der Waals surface area contributed by atoms with Gasteiger partial charge in [0.25, 0.3) is 0 Å². The van der Waals surface area contributed by atoms with Crippen molar-refractivity contribution in [3.05, 3.63) is 48.6 Å². The van der Waals surface area contributed by atoms with Gasteiger partial charge in [-0.05, 0) is 77.0 Å². The Hall–Kier alpha value is -2.14. The number of hydrogen-bond acceptors (Lipinski definition) is 5. The Balaban J connectivity index is 3.40. The average Bonchev–Trinajstić information content (AvgIpc) is 3.36. The summed E-state index contributed by atoms with van der Waals surface area (Å²) in [6.07, 6.45) is 81.2. The molecule has 5 heteroatoms. The van der Waals surface area contributed by atoms with Crippen LogP contribution in [0.3, 0.4) is 0 Å². The fourth-order valence-electron chi connectivity index (χ4n) is 9.38. The minimum absolute atomic E-state index is 0.0684. The van der Waals surface area contributed by atoms with Gasteiger partial charge in [-0.25, -0.2) is 0 Å². The zero-order valence-electron chi connectivity index (χ0n) is 47.0. The summed E-state index contributed by atoms with van der Waals surface area (Å²) < 4.78 is 10.7. The first-order valence-corrected chi connectivity index (χ1v) is 31.2. The molecular formula is C65H120O5. The van der Waals surface area contributed by atoms with Crippen molar-refractivity contribution in [2.75, 3.05) is 13.2 Å². The molecule has 1 N–H and O–H groups in total. The largest absolute Gasteiger partial charge is 0.462 e. The van der Waals surface area contributed by atoms with Gasteiger partial charge >= 0.3 is 11.9 Å². The van der Waals surface area contributed by atoms with Gasteiger partial charge in [0.2, 0.25) is 0 Å². The summed E-state index contributed by atoms with van der Waals surface area (Å²) >= 11 is 0. The SMILES string of the molecule is CCCCC/C=C\C/C=C\C/C=C\CCCCCCCCC(=O)OC(CO)COC(=O)CCCCCCCCCCCCCCCCCCCCCCCCCCC/C=C\CCCCCCCCCC. The van der Waals surface area contributed by atoms with Gasteiger partial charge in [0.15, 0.2) is 6.10 Å². The molecule has 1 unspecified atom stereocenters. The van der Waals surface area contributed by atoms with E-state index in [1.165, 1.54) is 250 Å². The maximum atomic E-state index is 12.3. The second kappa shape index (κ2) is 61.2. The third kappa shape index (κ3) is 58.4. The van der Waals surface area contributed by atoms with E-state index in [2.05, 4.69) is 62.5 Å². The van der Waals surface area contributed by atoms with Crippen LogP contribution in [0.4, 0.5) is 0 Å². The lowest BCUT2D eigenvalue weighted by Gasteiger charge is -2.15. The Morgan fingerprint density at radius 2 is 0.571 bits per heavy atom. The lowest BCUT2D eigenvalue weighted by Crippen LogP contribution is -2.28. The van der Waals surface area contributed by atoms with E-state index in [1.807, 2.05) is 0 Å². The van der Waals surface area contributed by atoms with Crippen LogP contribution >= 0.6 is 0 Å². The first kappa shape index (κ1) is 67.9. The van der Waals surface area contributed by atoms with Crippen LogP contribution in [0.25, 0.3) is 0 Å². The van der Waals surface area contributed by atoms with Crippen molar-refractivity contribution in [2.45, 2.75) is 341 Å². The highest BCUT2D eigenvalue weighted by Gasteiger charge is 2.16. The van der Waals surface area contributed by atoms with Crippen LogP contribution in [0, 0.1) is 0 Å². The molecule has 0 saturated carbocycles. The number of ether oxygens (including phenoxy) is 2. The molecule has 1 atom stereocenters. The van der Waals surface area contributed by atoms with Crippen molar-refractivity contribution in [1.82, 2.24) is 0 Å². The van der Waals surface area contributed by atoms with E-state index in [9.17, 15) is 14.7 Å². The zero-order chi connectivity index (χ0) is 50.6. The quantitative estimate of drug-likeness (QED) is 0.0373. The number of allylic oxidation sites excluding steroid dienone is 8. The Bertz CT molecular complexity index is 1150. The minimum Gasteiger partial charge on any atom is -0.462 e. The van der Waals surface area contributed by atoms with Gasteiger partial charge in [-0.3, -0.25) is 9.59 Å². The predicted octanol–water partition coefficient (Wildman–Crippen LogP) is 21.2. The van der Waals surface area contributed by atoms with Crippen LogP contribution in [0.2, 0.25) is 0 Å². The smallest absolute Gasteiger partial charge is 0.306 e. The Kier molecular flexibility index (Phi) is 59.3. The number of hydrogen-bond donors (Lipinski definition) is 1. The molecule has 0 saturated heterocycles. The van der Waals surface area contributed by atoms with E-state index in [-0.39, 0.29) is 25.2 Å². The van der Waals surface area contributed by atoms with Gasteiger partial charge in [-0.15, -0.1) is 0 Å². The third-order valence-electron chi connectivity index (χ3n) is 14.1. The van der Waals surface area contributed by atoms with Gasteiger partial charge < -0.3 is 14.6 Å². The summed E-state index contributed by atoms with van der Waals surface area (Å²) in [6.45, 7) is 4.14. The second-order valence-electron chi connectivity index (χ2n) is 21.1. The molecule has 0 aromatic rings. The number of aliphatic hydroxyl groups is 1. The maximum absolute atomic E-state index is 12.3. The number of esters is 2. The summed E-state index contributed by atoms with van der Waals surface area (Å²) in [4.78, 5) is 24.5. The Morgan fingerprint density at radius 1 is 0.329 bits per heavy atom. The number of carbonyl (C=O) groups is 2. The van der Waals surface area contributed by atoms with Crippen molar-refractivity contribution in [2.24, 2.45) is 0 Å². The Morgan fingerprint density at radius 3 is 0.900 bits per heavy atom. The number of unbranched alkanes of at least 4 members (excludes halogenated alkanes) is 42. The maximum Gasteiger partial charge on any atom is 0.306 e. The van der Waals surface area contributed by atoms with Crippen LogP contribution in [0.15, 0.2) is 48.6 Å². The standard InChI is InChI=1S/C65H120O5/c1-3-5-7-9-11-13-15-17-19-21-23-24-25-26-27-28-29-30-31-32-33-34-35-36-37-38-39-40-42-43-45-47-49-51-53-55-57-59-64(67)69-62-63(61-66)70-65(68)60-58-56-54-52-50-48-46-44-41-22-20-18-16-14-12-10-8-6-4-2/h12,14,18,20-21,23,41,44,63,66H,3-11,13,15-17,19,22,24-40,42-43,45-62H2,1-2H3/b14-12-,20-18-,23-21-,44-41-. The highest BCUT2D eigenvalue weighted by molar-refractivity contribution is 5.70. The molecule has 0 amide bonds. The molecule has 410 valence electrons. The number of rotatable bonds is 58. The molecular weight excluding hydrogens is 861 g/mol. The zero-order valence-corrected chi connectivity index (χ0v) is 47.0. The molecule has 0 radical (unpaired) electrons. The van der Waals surface area contributed by atoms with E-state index in [1.54, 1.807) is 0 Å². The van der Waals surface area contributed by atoms with E-state index in [0.717, 1.165) is 57.8 Å². The molecule has 0 rings (SSSR count). The number of aliphatic hydroxyl groups excluding tert-OH is 1. The van der Waals surface area contributed by atoms with Crippen LogP contribution in [0.1, 0.15) is 335 Å². The van der Waals surface area contributed by atoms with E-state index in [4.69, 9.17) is 9.47 Å². The lowest BCUT2D eigenvalue weighted by molar-refractivity contribution is -0.161. The molecule has 0 aliphatic heterocycles. The lowest BCUT2D eigenvalue weighted by atomic mass is 10.0. The molecule has 0 fully saturated rings. The molecule has 0 aromatic carbocycles. The molecule has 0 aliphatic carbocycles. The van der Waals surface area contributed by atoms with E-state index in [0.29, 0.717) is 12.8 Å². The number of carbonyl (C=O) groups excluding carboxylic acids is 2. The Labute approximate surface area is 437 Å². The monoisotopic (exact) mass is 981 g/mol. The topological polar surface area (TPSA) is 72.8 Å². The fraction of sp³-hybridized carbons (Fsp3) is 0.846. The minimum atomic E-state index is -0.779. The molecule has 0 spiro atoms. The fourth-order valence-corrected chi connectivity index (χ4v) is 9.38. The van der Waals surface area contributed by atoms with E-state index < -0.39 is 6.10 Å². The first-order valence-electron chi connectivity index (χ1n) is 31.2. The van der Waals surface area contributed by atoms with Crippen molar-refractivity contribution in [1.29, 1.82) is 0 Å². The van der Waals surface area contributed by atoms with E-state index >= 15 is 0 Å². The highest BCUT2D eigenvalue weighted by atomic mass is 16.6. The van der Waals surface area contributed by atoms with Crippen molar-refractivity contribution < 1.29 is 24.2 Å². The second-order valence-corrected chi connectivity index (χ2v) is 21.1. The summed E-state index contributed by atoms with van der Waals surface area (Å²) in [7, 11) is 0. The summed E-state index contributed by atoms with van der Waals surface area (Å²) in [6, 6.07) is 0. The summed E-state index contributed by atoms with van der Waals surface area (Å²) in [5.74, 6) is -0.591. The first-order chi connectivity index (χ1) is 34.6. The van der Waals surface area contributed by atoms with Gasteiger partial charge in [0.05, 0.1) is 6.61 Å². The van der Waals surface area contributed by atoms with Crippen molar-refractivity contribution >= 4 is 11.9 Å². The average molecular weight is 982 g/mol. The molecule has 5 nitrogen and oxygen atoms in total. The van der Waals surface area contributed by atoms with Crippen LogP contribution in [0.5, 0.6) is 0 Å². The van der Waals surface area contributed by atoms with Crippen LogP contribution < -0.4 is 0 Å². The molecule has 0 bridgehead atoms. The molecule has 70 heavy (non-hydrogen) atoms. The summed E-state index contributed by atoms with van der Waals surface area (Å²) in [5, 5.41) is 9.65. The molecule has 0 aliphatic rings. The van der Waals surface area contributed by atoms with Crippen LogP contribution in [-0.4, -0.2) is 36.4 Å². The van der Waals surface area contributed by atoms with Gasteiger partial charge in [-0.1, -0.05) is 294 Å². The van der Waals surface area contributed by atoms with Gasteiger partial charge in [0, 0.05) is 12.8 Å². The highest BCUT2D eigenvalue weighted by Crippen LogP contribution is 2.18. The normalized spacial score (nSPS) is 12.4. The third-order valence-corrected chi connectivity index (χ3v) is 14.1. The molecule has 0 aromatic heterocycles. The van der Waals surface area contributed by atoms with Gasteiger partial charge in [-0.2, -0.15) is 0 Å². The molecule has 0 heterocycles. The van der Waals surface area contributed by atoms with Crippen molar-refractivity contribution in [3.8, 4) is 0 Å². The van der Waals surface area contributed by atoms with Crippen molar-refractivity contribution in [3.63, 3.8) is 0 Å².